The molecule has 1 aromatic carbocycles. The third-order valence-electron chi connectivity index (χ3n) is 4.00. The normalized spacial score (nSPS) is 14.6. The number of ether oxygens (including phenoxy) is 1. The van der Waals surface area contributed by atoms with Crippen molar-refractivity contribution in [2.24, 2.45) is 0 Å². The molecule has 7 heteroatoms. The first-order valence-corrected chi connectivity index (χ1v) is 8.91. The van der Waals surface area contributed by atoms with Crippen LogP contribution < -0.4 is 10.6 Å². The van der Waals surface area contributed by atoms with Gasteiger partial charge >= 0.3 is 5.97 Å². The Morgan fingerprint density at radius 2 is 1.84 bits per heavy atom. The Kier molecular flexibility index (Phi) is 7.73. The van der Waals surface area contributed by atoms with Gasteiger partial charge in [0.15, 0.2) is 6.61 Å². The summed E-state index contributed by atoms with van der Waals surface area (Å²) >= 11 is 5.82. The van der Waals surface area contributed by atoms with Crippen molar-refractivity contribution in [2.75, 3.05) is 11.9 Å². The Labute approximate surface area is 152 Å². The molecular weight excluding hydrogens is 344 g/mol. The molecule has 0 radical (unpaired) electrons. The lowest BCUT2D eigenvalue weighted by molar-refractivity contribution is -0.148. The van der Waals surface area contributed by atoms with Gasteiger partial charge in [0.2, 0.25) is 5.91 Å². The number of halogens is 1. The molecule has 2 rings (SSSR count). The fourth-order valence-electron chi connectivity index (χ4n) is 2.74. The topological polar surface area (TPSA) is 84.5 Å². The minimum atomic E-state index is -0.569. The van der Waals surface area contributed by atoms with Gasteiger partial charge in [-0.15, -0.1) is 0 Å². The Morgan fingerprint density at radius 3 is 2.56 bits per heavy atom. The minimum absolute atomic E-state index is 0.0387. The third-order valence-corrected chi connectivity index (χ3v) is 4.23. The molecular formula is C18H23ClN2O4. The highest BCUT2D eigenvalue weighted by atomic mass is 35.5. The van der Waals surface area contributed by atoms with Crippen LogP contribution in [0.5, 0.6) is 0 Å². The summed E-state index contributed by atoms with van der Waals surface area (Å²) < 4.78 is 4.88. The van der Waals surface area contributed by atoms with Crippen molar-refractivity contribution in [3.05, 3.63) is 29.3 Å². The molecule has 0 unspecified atom stereocenters. The second-order valence-electron chi connectivity index (χ2n) is 6.12. The summed E-state index contributed by atoms with van der Waals surface area (Å²) in [6.45, 7) is -0.393. The van der Waals surface area contributed by atoms with Crippen molar-refractivity contribution < 1.29 is 19.1 Å². The van der Waals surface area contributed by atoms with Crippen LogP contribution in [0.2, 0.25) is 5.02 Å². The fourth-order valence-corrected chi connectivity index (χ4v) is 2.93. The Morgan fingerprint density at radius 1 is 1.08 bits per heavy atom. The fraction of sp³-hybridized carbons (Fsp3) is 0.500. The molecule has 136 valence electrons. The Hall–Kier alpha value is -2.08. The van der Waals surface area contributed by atoms with Crippen molar-refractivity contribution in [1.82, 2.24) is 5.32 Å². The molecule has 25 heavy (non-hydrogen) atoms. The second-order valence-corrected chi connectivity index (χ2v) is 6.56. The summed E-state index contributed by atoms with van der Waals surface area (Å²) in [6.07, 6.45) is 5.52. The number of anilines is 1. The summed E-state index contributed by atoms with van der Waals surface area (Å²) in [5, 5.41) is 6.01. The average Bonchev–Trinajstić information content (AvgIpc) is 2.59. The molecule has 0 atom stereocenters. The van der Waals surface area contributed by atoms with Gasteiger partial charge in [-0.05, 0) is 31.0 Å². The van der Waals surface area contributed by atoms with E-state index in [9.17, 15) is 14.4 Å². The molecule has 2 amide bonds. The van der Waals surface area contributed by atoms with Gasteiger partial charge in [-0.25, -0.2) is 0 Å². The number of benzene rings is 1. The highest BCUT2D eigenvalue weighted by Gasteiger charge is 2.16. The summed E-state index contributed by atoms with van der Waals surface area (Å²) in [7, 11) is 0. The first kappa shape index (κ1) is 19.2. The third kappa shape index (κ3) is 7.56. The number of amides is 2. The van der Waals surface area contributed by atoms with Gasteiger partial charge in [-0.3, -0.25) is 14.4 Å². The van der Waals surface area contributed by atoms with Crippen LogP contribution in [-0.2, 0) is 19.1 Å². The molecule has 0 aliphatic heterocycles. The molecule has 0 saturated heterocycles. The van der Waals surface area contributed by atoms with Gasteiger partial charge in [0.05, 0.1) is 6.42 Å². The van der Waals surface area contributed by atoms with Gasteiger partial charge in [-0.2, -0.15) is 0 Å². The van der Waals surface area contributed by atoms with Crippen LogP contribution in [0.1, 0.15) is 44.9 Å². The molecule has 1 aliphatic carbocycles. The largest absolute Gasteiger partial charge is 0.456 e. The monoisotopic (exact) mass is 366 g/mol. The van der Waals surface area contributed by atoms with Gasteiger partial charge in [-0.1, -0.05) is 36.9 Å². The number of carbonyl (C=O) groups excluding carboxylic acids is 3. The van der Waals surface area contributed by atoms with Crippen LogP contribution in [0.15, 0.2) is 24.3 Å². The van der Waals surface area contributed by atoms with Crippen LogP contribution in [-0.4, -0.2) is 30.4 Å². The predicted octanol–water partition coefficient (Wildman–Crippen LogP) is 3.05. The van der Waals surface area contributed by atoms with E-state index in [2.05, 4.69) is 10.6 Å². The van der Waals surface area contributed by atoms with Gasteiger partial charge < -0.3 is 15.4 Å². The van der Waals surface area contributed by atoms with E-state index in [0.717, 1.165) is 25.7 Å². The van der Waals surface area contributed by atoms with Crippen LogP contribution in [0, 0.1) is 0 Å². The first-order chi connectivity index (χ1) is 12.0. The molecule has 0 spiro atoms. The van der Waals surface area contributed by atoms with Crippen molar-refractivity contribution in [2.45, 2.75) is 51.0 Å². The quantitative estimate of drug-likeness (QED) is 0.726. The molecule has 0 aromatic heterocycles. The maximum atomic E-state index is 11.8. The van der Waals surface area contributed by atoms with Crippen molar-refractivity contribution in [3.63, 3.8) is 0 Å². The molecule has 1 aromatic rings. The zero-order chi connectivity index (χ0) is 18.1. The van der Waals surface area contributed by atoms with Crippen LogP contribution in [0.4, 0.5) is 5.69 Å². The number of carbonyl (C=O) groups is 3. The van der Waals surface area contributed by atoms with E-state index in [0.29, 0.717) is 10.7 Å². The standard InChI is InChI=1S/C18H23ClN2O4/c19-13-5-4-8-15(11-13)21-17(23)12-25-18(24)10-9-16(22)20-14-6-2-1-3-7-14/h4-5,8,11,14H,1-3,6-7,9-10,12H2,(H,20,22)(H,21,23). The second kappa shape index (κ2) is 10.0. The average molecular weight is 367 g/mol. The molecule has 6 nitrogen and oxygen atoms in total. The van der Waals surface area contributed by atoms with E-state index >= 15 is 0 Å². The number of nitrogens with one attached hydrogen (secondary N) is 2. The van der Waals surface area contributed by atoms with Crippen molar-refractivity contribution in [3.8, 4) is 0 Å². The lowest BCUT2D eigenvalue weighted by atomic mass is 9.95. The van der Waals surface area contributed by atoms with Crippen molar-refractivity contribution in [1.29, 1.82) is 0 Å². The zero-order valence-corrected chi connectivity index (χ0v) is 14.8. The number of hydrogen-bond donors (Lipinski definition) is 2. The Balaban J connectivity index is 1.61. The molecule has 1 fully saturated rings. The van der Waals surface area contributed by atoms with E-state index < -0.39 is 18.5 Å². The number of esters is 1. The molecule has 0 heterocycles. The molecule has 1 saturated carbocycles. The van der Waals surface area contributed by atoms with E-state index in [-0.39, 0.29) is 24.8 Å². The molecule has 2 N–H and O–H groups in total. The smallest absolute Gasteiger partial charge is 0.306 e. The van der Waals surface area contributed by atoms with E-state index in [1.54, 1.807) is 24.3 Å². The predicted molar refractivity (Wildman–Crippen MR) is 95.3 cm³/mol. The van der Waals surface area contributed by atoms with E-state index in [1.807, 2.05) is 0 Å². The Bertz CT molecular complexity index is 615. The van der Waals surface area contributed by atoms with Gasteiger partial charge in [0, 0.05) is 23.2 Å². The van der Waals surface area contributed by atoms with Crippen LogP contribution >= 0.6 is 11.6 Å². The lowest BCUT2D eigenvalue weighted by Crippen LogP contribution is -2.36. The summed E-state index contributed by atoms with van der Waals surface area (Å²) in [6, 6.07) is 6.89. The van der Waals surface area contributed by atoms with E-state index in [4.69, 9.17) is 16.3 Å². The maximum absolute atomic E-state index is 11.8. The summed E-state index contributed by atoms with van der Waals surface area (Å²) in [5.41, 5.74) is 0.528. The van der Waals surface area contributed by atoms with Gasteiger partial charge in [0.1, 0.15) is 0 Å². The van der Waals surface area contributed by atoms with E-state index in [1.165, 1.54) is 6.42 Å². The minimum Gasteiger partial charge on any atom is -0.456 e. The maximum Gasteiger partial charge on any atom is 0.306 e. The highest BCUT2D eigenvalue weighted by Crippen LogP contribution is 2.17. The molecule has 0 bridgehead atoms. The van der Waals surface area contributed by atoms with Crippen LogP contribution in [0.3, 0.4) is 0 Å². The highest BCUT2D eigenvalue weighted by molar-refractivity contribution is 6.30. The van der Waals surface area contributed by atoms with Gasteiger partial charge in [0.25, 0.3) is 5.91 Å². The molecule has 1 aliphatic rings. The van der Waals surface area contributed by atoms with Crippen LogP contribution in [0.25, 0.3) is 0 Å². The first-order valence-electron chi connectivity index (χ1n) is 8.53. The number of hydrogen-bond acceptors (Lipinski definition) is 4. The summed E-state index contributed by atoms with van der Waals surface area (Å²) in [4.78, 5) is 35.2. The SMILES string of the molecule is O=C(COC(=O)CCC(=O)NC1CCCCC1)Nc1cccc(Cl)c1. The zero-order valence-electron chi connectivity index (χ0n) is 14.1. The summed E-state index contributed by atoms with van der Waals surface area (Å²) in [5.74, 6) is -1.17. The van der Waals surface area contributed by atoms with Crippen molar-refractivity contribution >= 4 is 35.1 Å². The number of rotatable bonds is 7. The lowest BCUT2D eigenvalue weighted by Gasteiger charge is -2.22.